The van der Waals surface area contributed by atoms with Gasteiger partial charge in [-0.05, 0) is 25.7 Å². The molecule has 0 saturated heterocycles. The highest BCUT2D eigenvalue weighted by atomic mass is 35.5. The fourth-order valence-electron chi connectivity index (χ4n) is 2.11. The maximum atomic E-state index is 5.89. The highest BCUT2D eigenvalue weighted by Gasteiger charge is 2.29. The van der Waals surface area contributed by atoms with Crippen molar-refractivity contribution in [3.8, 4) is 0 Å². The molecule has 2 fully saturated rings. The third-order valence-corrected chi connectivity index (χ3v) is 3.26. The Bertz CT molecular complexity index is 126. The summed E-state index contributed by atoms with van der Waals surface area (Å²) in [5.41, 5.74) is 0. The van der Waals surface area contributed by atoms with Crippen LogP contribution in [0.5, 0.6) is 0 Å². The maximum Gasteiger partial charge on any atom is 0.0365 e. The third kappa shape index (κ3) is 1.88. The van der Waals surface area contributed by atoms with Crippen LogP contribution in [-0.2, 0) is 0 Å². The number of nitrogens with one attached hydrogen (secondary N) is 1. The molecule has 1 nitrogen and oxygen atoms in total. The minimum Gasteiger partial charge on any atom is -0.311 e. The predicted molar refractivity (Wildman–Crippen MR) is 48.1 cm³/mol. The van der Waals surface area contributed by atoms with Crippen molar-refractivity contribution in [2.75, 3.05) is 0 Å². The minimum absolute atomic E-state index is 0.467. The largest absolute Gasteiger partial charge is 0.311 e. The quantitative estimate of drug-likeness (QED) is 0.632. The van der Waals surface area contributed by atoms with Gasteiger partial charge in [0, 0.05) is 17.5 Å². The van der Waals surface area contributed by atoms with E-state index in [4.69, 9.17) is 11.6 Å². The zero-order valence-electron chi connectivity index (χ0n) is 6.85. The van der Waals surface area contributed by atoms with Crippen molar-refractivity contribution in [2.45, 2.75) is 56.0 Å². The van der Waals surface area contributed by atoms with E-state index in [1.165, 1.54) is 38.5 Å². The summed E-state index contributed by atoms with van der Waals surface area (Å²) in [7, 11) is 0. The molecule has 0 aromatic rings. The average Bonchev–Trinajstić information content (AvgIpc) is 2.36. The van der Waals surface area contributed by atoms with E-state index < -0.39 is 0 Å². The van der Waals surface area contributed by atoms with Crippen molar-refractivity contribution < 1.29 is 0 Å². The Morgan fingerprint density at radius 1 is 1.00 bits per heavy atom. The van der Waals surface area contributed by atoms with Crippen molar-refractivity contribution in [1.29, 1.82) is 0 Å². The molecule has 0 heterocycles. The normalized spacial score (nSPS) is 39.0. The monoisotopic (exact) mass is 173 g/mol. The molecule has 64 valence electrons. The summed E-state index contributed by atoms with van der Waals surface area (Å²) in [6, 6.07) is 1.57. The first-order chi connectivity index (χ1) is 5.34. The SMILES string of the molecule is ClC1CC(NC2CCCC2)C1. The lowest BCUT2D eigenvalue weighted by Crippen LogP contribution is -2.45. The molecule has 0 radical (unpaired) electrons. The van der Waals surface area contributed by atoms with Crippen LogP contribution in [0, 0.1) is 0 Å². The highest BCUT2D eigenvalue weighted by Crippen LogP contribution is 2.28. The van der Waals surface area contributed by atoms with Crippen LogP contribution in [-0.4, -0.2) is 17.5 Å². The van der Waals surface area contributed by atoms with Crippen molar-refractivity contribution in [1.82, 2.24) is 5.32 Å². The smallest absolute Gasteiger partial charge is 0.0365 e. The molecular formula is C9H16ClN. The zero-order valence-corrected chi connectivity index (χ0v) is 7.61. The van der Waals surface area contributed by atoms with E-state index in [0.29, 0.717) is 5.38 Å². The van der Waals surface area contributed by atoms with Crippen LogP contribution >= 0.6 is 11.6 Å². The number of alkyl halides is 1. The van der Waals surface area contributed by atoms with Gasteiger partial charge in [-0.15, -0.1) is 11.6 Å². The summed E-state index contributed by atoms with van der Waals surface area (Å²) in [5.74, 6) is 0. The van der Waals surface area contributed by atoms with Crippen molar-refractivity contribution in [2.24, 2.45) is 0 Å². The highest BCUT2D eigenvalue weighted by molar-refractivity contribution is 6.21. The fourth-order valence-corrected chi connectivity index (χ4v) is 2.54. The Hall–Kier alpha value is 0.250. The Balaban J connectivity index is 1.66. The Morgan fingerprint density at radius 2 is 1.64 bits per heavy atom. The molecule has 2 aliphatic carbocycles. The standard InChI is InChI=1S/C9H16ClN/c10-7-5-9(6-7)11-8-3-1-2-4-8/h7-9,11H,1-6H2. The van der Waals surface area contributed by atoms with Gasteiger partial charge < -0.3 is 5.32 Å². The molecule has 2 aliphatic rings. The molecule has 0 unspecified atom stereocenters. The van der Waals surface area contributed by atoms with E-state index in [2.05, 4.69) is 5.32 Å². The molecule has 0 amide bonds. The van der Waals surface area contributed by atoms with Crippen LogP contribution < -0.4 is 5.32 Å². The van der Waals surface area contributed by atoms with E-state index >= 15 is 0 Å². The van der Waals surface area contributed by atoms with Gasteiger partial charge in [0.15, 0.2) is 0 Å². The molecule has 11 heavy (non-hydrogen) atoms. The second kappa shape index (κ2) is 3.32. The Labute approximate surface area is 73.5 Å². The average molecular weight is 174 g/mol. The van der Waals surface area contributed by atoms with Crippen LogP contribution in [0.25, 0.3) is 0 Å². The second-order valence-electron chi connectivity index (χ2n) is 3.91. The van der Waals surface area contributed by atoms with E-state index in [9.17, 15) is 0 Å². The van der Waals surface area contributed by atoms with Gasteiger partial charge in [0.25, 0.3) is 0 Å². The molecule has 2 rings (SSSR count). The summed E-state index contributed by atoms with van der Waals surface area (Å²) in [5, 5.41) is 4.13. The van der Waals surface area contributed by atoms with Gasteiger partial charge in [-0.2, -0.15) is 0 Å². The lowest BCUT2D eigenvalue weighted by atomic mass is 9.91. The topological polar surface area (TPSA) is 12.0 Å². The molecule has 0 atom stereocenters. The molecule has 0 spiro atoms. The summed E-state index contributed by atoms with van der Waals surface area (Å²) < 4.78 is 0. The summed E-state index contributed by atoms with van der Waals surface area (Å²) in [6.45, 7) is 0. The number of halogens is 1. The van der Waals surface area contributed by atoms with Crippen molar-refractivity contribution in [3.63, 3.8) is 0 Å². The summed E-state index contributed by atoms with van der Waals surface area (Å²) in [6.07, 6.45) is 8.02. The molecule has 2 heteroatoms. The van der Waals surface area contributed by atoms with E-state index in [1.807, 2.05) is 0 Å². The van der Waals surface area contributed by atoms with Gasteiger partial charge in [0.05, 0.1) is 0 Å². The van der Waals surface area contributed by atoms with Gasteiger partial charge >= 0.3 is 0 Å². The van der Waals surface area contributed by atoms with E-state index in [1.54, 1.807) is 0 Å². The molecular weight excluding hydrogens is 158 g/mol. The first-order valence-electron chi connectivity index (χ1n) is 4.75. The van der Waals surface area contributed by atoms with Crippen LogP contribution in [0.1, 0.15) is 38.5 Å². The Morgan fingerprint density at radius 3 is 2.18 bits per heavy atom. The molecule has 0 aromatic heterocycles. The maximum absolute atomic E-state index is 5.89. The van der Waals surface area contributed by atoms with E-state index in [-0.39, 0.29) is 0 Å². The van der Waals surface area contributed by atoms with Gasteiger partial charge in [0.1, 0.15) is 0 Å². The molecule has 1 N–H and O–H groups in total. The molecule has 2 saturated carbocycles. The van der Waals surface area contributed by atoms with Crippen molar-refractivity contribution in [3.05, 3.63) is 0 Å². The van der Waals surface area contributed by atoms with Gasteiger partial charge in [-0.3, -0.25) is 0 Å². The lowest BCUT2D eigenvalue weighted by Gasteiger charge is -2.34. The lowest BCUT2D eigenvalue weighted by molar-refractivity contribution is 0.310. The van der Waals surface area contributed by atoms with Crippen molar-refractivity contribution >= 4 is 11.6 Å². The predicted octanol–water partition coefficient (Wildman–Crippen LogP) is 2.29. The molecule has 0 aromatic carbocycles. The Kier molecular flexibility index (Phi) is 2.38. The zero-order chi connectivity index (χ0) is 7.68. The van der Waals surface area contributed by atoms with Gasteiger partial charge in [0.2, 0.25) is 0 Å². The van der Waals surface area contributed by atoms with Gasteiger partial charge in [-0.25, -0.2) is 0 Å². The molecule has 0 aliphatic heterocycles. The number of hydrogen-bond donors (Lipinski definition) is 1. The molecule has 0 bridgehead atoms. The second-order valence-corrected chi connectivity index (χ2v) is 4.53. The van der Waals surface area contributed by atoms with Crippen LogP contribution in [0.15, 0.2) is 0 Å². The van der Waals surface area contributed by atoms with Crippen LogP contribution in [0.4, 0.5) is 0 Å². The third-order valence-electron chi connectivity index (χ3n) is 2.91. The first kappa shape index (κ1) is 7.88. The van der Waals surface area contributed by atoms with E-state index in [0.717, 1.165) is 12.1 Å². The summed E-state index contributed by atoms with van der Waals surface area (Å²) in [4.78, 5) is 0. The van der Waals surface area contributed by atoms with Gasteiger partial charge in [-0.1, -0.05) is 12.8 Å². The first-order valence-corrected chi connectivity index (χ1v) is 5.18. The number of rotatable bonds is 2. The van der Waals surface area contributed by atoms with Crippen LogP contribution in [0.2, 0.25) is 0 Å². The number of hydrogen-bond acceptors (Lipinski definition) is 1. The summed E-state index contributed by atoms with van der Waals surface area (Å²) >= 11 is 5.89. The van der Waals surface area contributed by atoms with Crippen LogP contribution in [0.3, 0.4) is 0 Å². The minimum atomic E-state index is 0.467. The fraction of sp³-hybridized carbons (Fsp3) is 1.00.